The van der Waals surface area contributed by atoms with Crippen LogP contribution in [0.3, 0.4) is 0 Å². The van der Waals surface area contributed by atoms with E-state index >= 15 is 0 Å². The third kappa shape index (κ3) is 3.77. The second-order valence-corrected chi connectivity index (χ2v) is 6.10. The van der Waals surface area contributed by atoms with E-state index in [1.807, 2.05) is 24.3 Å². The highest BCUT2D eigenvalue weighted by Crippen LogP contribution is 2.27. The summed E-state index contributed by atoms with van der Waals surface area (Å²) < 4.78 is 10.4. The molecule has 1 saturated heterocycles. The van der Waals surface area contributed by atoms with E-state index in [1.54, 1.807) is 6.92 Å². The number of carbonyl (C=O) groups excluding carboxylic acids is 1. The van der Waals surface area contributed by atoms with Crippen LogP contribution < -0.4 is 5.32 Å². The average Bonchev–Trinajstić information content (AvgIpc) is 3.03. The Labute approximate surface area is 145 Å². The first-order chi connectivity index (χ1) is 11.7. The molecule has 1 aliphatic heterocycles. The molecule has 1 aromatic carbocycles. The SMILES string of the molecule is Cc1oncc1C(=O)NC[C@@H](c1ccccc1Cl)N1CCOCC1. The number of nitrogens with zero attached hydrogens (tertiary/aromatic N) is 2. The van der Waals surface area contributed by atoms with Gasteiger partial charge in [-0.15, -0.1) is 0 Å². The minimum atomic E-state index is -0.195. The van der Waals surface area contributed by atoms with Crippen LogP contribution in [0.2, 0.25) is 5.02 Å². The monoisotopic (exact) mass is 349 g/mol. The van der Waals surface area contributed by atoms with Crippen LogP contribution in [-0.4, -0.2) is 48.8 Å². The van der Waals surface area contributed by atoms with E-state index in [-0.39, 0.29) is 11.9 Å². The van der Waals surface area contributed by atoms with E-state index < -0.39 is 0 Å². The predicted molar refractivity (Wildman–Crippen MR) is 90.2 cm³/mol. The molecule has 2 heterocycles. The van der Waals surface area contributed by atoms with Gasteiger partial charge < -0.3 is 14.6 Å². The van der Waals surface area contributed by atoms with Gasteiger partial charge in [-0.25, -0.2) is 0 Å². The summed E-state index contributed by atoms with van der Waals surface area (Å²) in [7, 11) is 0. The smallest absolute Gasteiger partial charge is 0.256 e. The number of ether oxygens (including phenoxy) is 1. The van der Waals surface area contributed by atoms with Gasteiger partial charge in [-0.05, 0) is 18.6 Å². The van der Waals surface area contributed by atoms with E-state index in [0.717, 1.165) is 18.7 Å². The van der Waals surface area contributed by atoms with Crippen molar-refractivity contribution in [2.45, 2.75) is 13.0 Å². The van der Waals surface area contributed by atoms with Gasteiger partial charge in [0.25, 0.3) is 5.91 Å². The molecular weight excluding hydrogens is 330 g/mol. The molecule has 1 fully saturated rings. The summed E-state index contributed by atoms with van der Waals surface area (Å²) in [6.45, 7) is 5.14. The normalized spacial score (nSPS) is 16.8. The second-order valence-electron chi connectivity index (χ2n) is 5.69. The van der Waals surface area contributed by atoms with Gasteiger partial charge in [0, 0.05) is 24.7 Å². The zero-order valence-electron chi connectivity index (χ0n) is 13.5. The van der Waals surface area contributed by atoms with Crippen LogP contribution in [0.5, 0.6) is 0 Å². The van der Waals surface area contributed by atoms with Crippen molar-refractivity contribution in [1.82, 2.24) is 15.4 Å². The molecule has 0 aliphatic carbocycles. The summed E-state index contributed by atoms with van der Waals surface area (Å²) in [5, 5.41) is 7.32. The maximum Gasteiger partial charge on any atom is 0.256 e. The summed E-state index contributed by atoms with van der Waals surface area (Å²) in [6.07, 6.45) is 1.43. The number of carbonyl (C=O) groups is 1. The summed E-state index contributed by atoms with van der Waals surface area (Å²) in [5.74, 6) is 0.312. The third-order valence-corrected chi connectivity index (χ3v) is 4.55. The number of benzene rings is 1. The highest BCUT2D eigenvalue weighted by molar-refractivity contribution is 6.31. The summed E-state index contributed by atoms with van der Waals surface area (Å²) in [5.41, 5.74) is 1.46. The van der Waals surface area contributed by atoms with E-state index in [4.69, 9.17) is 20.9 Å². The Hall–Kier alpha value is -1.89. The molecule has 0 unspecified atom stereocenters. The van der Waals surface area contributed by atoms with Crippen molar-refractivity contribution in [3.8, 4) is 0 Å². The van der Waals surface area contributed by atoms with Crippen LogP contribution in [0.15, 0.2) is 35.0 Å². The Morgan fingerprint density at radius 2 is 2.12 bits per heavy atom. The molecule has 1 aliphatic rings. The number of morpholine rings is 1. The number of aryl methyl sites for hydroxylation is 1. The van der Waals surface area contributed by atoms with E-state index in [0.29, 0.717) is 36.1 Å². The zero-order chi connectivity index (χ0) is 16.9. The van der Waals surface area contributed by atoms with Crippen molar-refractivity contribution in [3.05, 3.63) is 52.4 Å². The quantitative estimate of drug-likeness (QED) is 0.898. The van der Waals surface area contributed by atoms with Crippen molar-refractivity contribution in [2.24, 2.45) is 0 Å². The third-order valence-electron chi connectivity index (χ3n) is 4.20. The van der Waals surface area contributed by atoms with Crippen LogP contribution in [-0.2, 0) is 4.74 Å². The van der Waals surface area contributed by atoms with Crippen molar-refractivity contribution in [1.29, 1.82) is 0 Å². The maximum atomic E-state index is 12.3. The number of aromatic nitrogens is 1. The molecule has 2 aromatic rings. The molecule has 128 valence electrons. The van der Waals surface area contributed by atoms with Crippen molar-refractivity contribution >= 4 is 17.5 Å². The summed E-state index contributed by atoms with van der Waals surface area (Å²) >= 11 is 6.38. The van der Waals surface area contributed by atoms with Crippen LogP contribution in [0, 0.1) is 6.92 Å². The molecular formula is C17H20ClN3O3. The lowest BCUT2D eigenvalue weighted by molar-refractivity contribution is 0.0162. The van der Waals surface area contributed by atoms with E-state index in [1.165, 1.54) is 6.20 Å². The number of halogens is 1. The van der Waals surface area contributed by atoms with E-state index in [9.17, 15) is 4.79 Å². The fraction of sp³-hybridized carbons (Fsp3) is 0.412. The van der Waals surface area contributed by atoms with Gasteiger partial charge in [-0.3, -0.25) is 9.69 Å². The van der Waals surface area contributed by atoms with Crippen molar-refractivity contribution in [3.63, 3.8) is 0 Å². The van der Waals surface area contributed by atoms with Gasteiger partial charge in [0.1, 0.15) is 11.3 Å². The lowest BCUT2D eigenvalue weighted by Crippen LogP contribution is -2.44. The molecule has 0 spiro atoms. The topological polar surface area (TPSA) is 67.6 Å². The largest absolute Gasteiger partial charge is 0.379 e. The Kier molecular flexibility index (Phi) is 5.50. The van der Waals surface area contributed by atoms with Crippen molar-refractivity contribution < 1.29 is 14.1 Å². The number of amides is 1. The molecule has 1 N–H and O–H groups in total. The highest BCUT2D eigenvalue weighted by Gasteiger charge is 2.25. The molecule has 0 radical (unpaired) electrons. The predicted octanol–water partition coefficient (Wildman–Crippen LogP) is 2.44. The van der Waals surface area contributed by atoms with Crippen LogP contribution >= 0.6 is 11.6 Å². The molecule has 1 amide bonds. The fourth-order valence-corrected chi connectivity index (χ4v) is 3.13. The molecule has 1 atom stereocenters. The lowest BCUT2D eigenvalue weighted by Gasteiger charge is -2.35. The number of nitrogens with one attached hydrogen (secondary N) is 1. The second kappa shape index (κ2) is 7.79. The van der Waals surface area contributed by atoms with Gasteiger partial charge in [-0.2, -0.15) is 0 Å². The lowest BCUT2D eigenvalue weighted by atomic mass is 10.0. The zero-order valence-corrected chi connectivity index (χ0v) is 14.3. The van der Waals surface area contributed by atoms with Crippen molar-refractivity contribution in [2.75, 3.05) is 32.8 Å². The van der Waals surface area contributed by atoms with Gasteiger partial charge in [0.15, 0.2) is 0 Å². The first kappa shape index (κ1) is 17.0. The first-order valence-electron chi connectivity index (χ1n) is 7.92. The average molecular weight is 350 g/mol. The summed E-state index contributed by atoms with van der Waals surface area (Å²) in [6, 6.07) is 7.73. The fourth-order valence-electron chi connectivity index (χ4n) is 2.87. The molecule has 7 heteroatoms. The number of rotatable bonds is 5. The molecule has 24 heavy (non-hydrogen) atoms. The highest BCUT2D eigenvalue weighted by atomic mass is 35.5. The maximum absolute atomic E-state index is 12.3. The Morgan fingerprint density at radius 3 is 2.79 bits per heavy atom. The Balaban J connectivity index is 1.76. The Morgan fingerprint density at radius 1 is 1.38 bits per heavy atom. The van der Waals surface area contributed by atoms with E-state index in [2.05, 4.69) is 15.4 Å². The number of hydrogen-bond acceptors (Lipinski definition) is 5. The number of hydrogen-bond donors (Lipinski definition) is 1. The van der Waals surface area contributed by atoms with Crippen LogP contribution in [0.4, 0.5) is 0 Å². The van der Waals surface area contributed by atoms with Crippen LogP contribution in [0.25, 0.3) is 0 Å². The molecule has 3 rings (SSSR count). The van der Waals surface area contributed by atoms with Gasteiger partial charge >= 0.3 is 0 Å². The molecule has 0 bridgehead atoms. The van der Waals surface area contributed by atoms with Gasteiger partial charge in [0.2, 0.25) is 0 Å². The standard InChI is InChI=1S/C17H20ClN3O3/c1-12-14(10-20-24-12)17(22)19-11-16(21-6-8-23-9-7-21)13-4-2-3-5-15(13)18/h2-5,10,16H,6-9,11H2,1H3,(H,19,22)/t16-/m0/s1. The van der Waals surface area contributed by atoms with Crippen LogP contribution in [0.1, 0.15) is 27.7 Å². The summed E-state index contributed by atoms with van der Waals surface area (Å²) in [4.78, 5) is 14.6. The van der Waals surface area contributed by atoms with Gasteiger partial charge in [-0.1, -0.05) is 35.0 Å². The first-order valence-corrected chi connectivity index (χ1v) is 8.30. The van der Waals surface area contributed by atoms with Gasteiger partial charge in [0.05, 0.1) is 25.5 Å². The minimum Gasteiger partial charge on any atom is -0.379 e. The molecule has 1 aromatic heterocycles. The Bertz CT molecular complexity index is 698. The molecule has 0 saturated carbocycles. The molecule has 6 nitrogen and oxygen atoms in total. The minimum absolute atomic E-state index is 0.00767.